The van der Waals surface area contributed by atoms with Crippen molar-refractivity contribution < 1.29 is 19.1 Å². The molecule has 2 aromatic rings. The average molecular weight is 360 g/mol. The Hall–Kier alpha value is -3.03. The van der Waals surface area contributed by atoms with E-state index in [0.29, 0.717) is 17.1 Å². The molecular weight excluding hydrogens is 346 g/mol. The molecule has 0 saturated heterocycles. The first kappa shape index (κ1) is 16.8. The van der Waals surface area contributed by atoms with Gasteiger partial charge in [0.1, 0.15) is 5.70 Å². The first-order valence-electron chi connectivity index (χ1n) is 7.26. The fourth-order valence-electron chi connectivity index (χ4n) is 2.24. The number of carbonyl (C=O) groups excluding carboxylic acids is 2. The van der Waals surface area contributed by atoms with Crippen molar-refractivity contribution in [2.45, 2.75) is 0 Å². The summed E-state index contributed by atoms with van der Waals surface area (Å²) in [4.78, 5) is 24.4. The predicted octanol–water partition coefficient (Wildman–Crippen LogP) is 1.83. The van der Waals surface area contributed by atoms with Crippen molar-refractivity contribution >= 4 is 29.5 Å². The zero-order valence-corrected chi connectivity index (χ0v) is 13.7. The van der Waals surface area contributed by atoms with Gasteiger partial charge in [-0.25, -0.2) is 5.84 Å². The molecule has 4 N–H and O–H groups in total. The number of hydrogen-bond acceptors (Lipinski definition) is 5. The molecule has 1 aliphatic rings. The van der Waals surface area contributed by atoms with Gasteiger partial charge >= 0.3 is 0 Å². The van der Waals surface area contributed by atoms with Crippen LogP contribution in [0.25, 0.3) is 6.08 Å². The number of hydrogen-bond donors (Lipinski definition) is 3. The summed E-state index contributed by atoms with van der Waals surface area (Å²) in [5.41, 5.74) is 2.83. The van der Waals surface area contributed by atoms with Gasteiger partial charge in [-0.2, -0.15) is 0 Å². The Bertz CT molecular complexity index is 867. The quantitative estimate of drug-likeness (QED) is 0.334. The van der Waals surface area contributed by atoms with E-state index >= 15 is 0 Å². The van der Waals surface area contributed by atoms with E-state index in [2.05, 4.69) is 5.32 Å². The van der Waals surface area contributed by atoms with Crippen LogP contribution in [0.5, 0.6) is 11.5 Å². The van der Waals surface area contributed by atoms with Gasteiger partial charge in [0.25, 0.3) is 11.8 Å². The van der Waals surface area contributed by atoms with E-state index in [1.54, 1.807) is 42.5 Å². The molecule has 0 aromatic heterocycles. The van der Waals surface area contributed by atoms with E-state index in [1.165, 1.54) is 6.08 Å². The highest BCUT2D eigenvalue weighted by molar-refractivity contribution is 6.34. The minimum absolute atomic E-state index is 0.0358. The van der Waals surface area contributed by atoms with Crippen LogP contribution >= 0.6 is 11.6 Å². The second-order valence-electron chi connectivity index (χ2n) is 5.08. The lowest BCUT2D eigenvalue weighted by atomic mass is 10.1. The van der Waals surface area contributed by atoms with Crippen molar-refractivity contribution in [1.29, 1.82) is 0 Å². The third kappa shape index (κ3) is 3.73. The Kier molecular flexibility index (Phi) is 4.87. The number of rotatable bonds is 4. The number of amides is 2. The molecule has 3 rings (SSSR count). The number of nitrogens with two attached hydrogens (primary N) is 1. The number of fused-ring (bicyclic) bond motifs is 1. The summed E-state index contributed by atoms with van der Waals surface area (Å²) in [6.07, 6.45) is 1.47. The van der Waals surface area contributed by atoms with Gasteiger partial charge in [-0.3, -0.25) is 15.0 Å². The van der Waals surface area contributed by atoms with Crippen molar-refractivity contribution in [3.8, 4) is 11.5 Å². The Labute approximate surface area is 148 Å². The highest BCUT2D eigenvalue weighted by Crippen LogP contribution is 2.33. The molecular formula is C17H14ClN3O4. The number of ether oxygens (including phenoxy) is 2. The Balaban J connectivity index is 1.88. The topological polar surface area (TPSA) is 103 Å². The third-order valence-corrected chi connectivity index (χ3v) is 3.78. The van der Waals surface area contributed by atoms with Crippen molar-refractivity contribution in [3.63, 3.8) is 0 Å². The van der Waals surface area contributed by atoms with Crippen LogP contribution in [-0.2, 0) is 4.79 Å². The summed E-state index contributed by atoms with van der Waals surface area (Å²) in [5, 5.41) is 2.79. The van der Waals surface area contributed by atoms with Gasteiger partial charge < -0.3 is 14.8 Å². The Morgan fingerprint density at radius 3 is 2.64 bits per heavy atom. The molecule has 0 saturated carbocycles. The maximum atomic E-state index is 12.4. The van der Waals surface area contributed by atoms with Gasteiger partial charge in [0.15, 0.2) is 11.5 Å². The van der Waals surface area contributed by atoms with Crippen LogP contribution in [0.3, 0.4) is 0 Å². The normalized spacial score (nSPS) is 12.6. The minimum atomic E-state index is -0.655. The van der Waals surface area contributed by atoms with E-state index in [9.17, 15) is 9.59 Å². The van der Waals surface area contributed by atoms with Crippen LogP contribution in [-0.4, -0.2) is 18.6 Å². The fourth-order valence-corrected chi connectivity index (χ4v) is 2.46. The minimum Gasteiger partial charge on any atom is -0.454 e. The van der Waals surface area contributed by atoms with Gasteiger partial charge in [-0.05, 0) is 35.9 Å². The van der Waals surface area contributed by atoms with Crippen LogP contribution in [0.2, 0.25) is 5.02 Å². The van der Waals surface area contributed by atoms with Gasteiger partial charge in [0.2, 0.25) is 6.79 Å². The Morgan fingerprint density at radius 2 is 1.88 bits per heavy atom. The molecule has 0 unspecified atom stereocenters. The molecule has 25 heavy (non-hydrogen) atoms. The van der Waals surface area contributed by atoms with Crippen LogP contribution in [0, 0.1) is 0 Å². The Morgan fingerprint density at radius 1 is 1.12 bits per heavy atom. The zero-order valence-electron chi connectivity index (χ0n) is 12.9. The first-order chi connectivity index (χ1) is 12.1. The molecule has 0 fully saturated rings. The van der Waals surface area contributed by atoms with Crippen molar-refractivity contribution in [2.24, 2.45) is 5.84 Å². The first-order valence-corrected chi connectivity index (χ1v) is 7.64. The van der Waals surface area contributed by atoms with E-state index < -0.39 is 11.8 Å². The van der Waals surface area contributed by atoms with Crippen LogP contribution < -0.4 is 26.1 Å². The maximum Gasteiger partial charge on any atom is 0.281 e. The smallest absolute Gasteiger partial charge is 0.281 e. The van der Waals surface area contributed by atoms with Gasteiger partial charge in [-0.1, -0.05) is 29.8 Å². The summed E-state index contributed by atoms with van der Waals surface area (Å²) in [6.45, 7) is 0.141. The molecule has 0 atom stereocenters. The molecule has 0 aliphatic carbocycles. The van der Waals surface area contributed by atoms with Crippen molar-refractivity contribution in [1.82, 2.24) is 10.7 Å². The summed E-state index contributed by atoms with van der Waals surface area (Å²) in [7, 11) is 0. The summed E-state index contributed by atoms with van der Waals surface area (Å²) >= 11 is 6.00. The van der Waals surface area contributed by atoms with Gasteiger partial charge in [0, 0.05) is 0 Å². The summed E-state index contributed by atoms with van der Waals surface area (Å²) in [6, 6.07) is 11.6. The van der Waals surface area contributed by atoms with E-state index in [0.717, 1.165) is 0 Å². The van der Waals surface area contributed by atoms with E-state index in [-0.39, 0.29) is 23.1 Å². The number of benzene rings is 2. The second kappa shape index (κ2) is 7.25. The maximum absolute atomic E-state index is 12.4. The molecule has 2 aromatic carbocycles. The monoisotopic (exact) mass is 359 g/mol. The number of nitrogens with one attached hydrogen (secondary N) is 2. The van der Waals surface area contributed by atoms with Crippen molar-refractivity contribution in [2.75, 3.05) is 6.79 Å². The zero-order chi connectivity index (χ0) is 17.8. The number of carbonyl (C=O) groups is 2. The summed E-state index contributed by atoms with van der Waals surface area (Å²) < 4.78 is 10.5. The lowest BCUT2D eigenvalue weighted by Crippen LogP contribution is -2.38. The van der Waals surface area contributed by atoms with E-state index in [4.69, 9.17) is 26.9 Å². The standard InChI is InChI=1S/C17H14ClN3O4/c18-12-4-2-1-3-11(12)16(22)20-13(17(23)21-19)7-10-5-6-14-15(8-10)25-9-24-14/h1-8H,9,19H2,(H,20,22)(H,21,23). The van der Waals surface area contributed by atoms with Crippen LogP contribution in [0.4, 0.5) is 0 Å². The number of halogens is 1. The molecule has 0 spiro atoms. The molecule has 2 amide bonds. The van der Waals surface area contributed by atoms with Crippen LogP contribution in [0.1, 0.15) is 15.9 Å². The molecule has 0 bridgehead atoms. The van der Waals surface area contributed by atoms with Gasteiger partial charge in [-0.15, -0.1) is 0 Å². The molecule has 1 heterocycles. The largest absolute Gasteiger partial charge is 0.454 e. The van der Waals surface area contributed by atoms with Crippen LogP contribution in [0.15, 0.2) is 48.2 Å². The molecule has 8 heteroatoms. The lowest BCUT2D eigenvalue weighted by molar-refractivity contribution is -0.117. The molecule has 128 valence electrons. The summed E-state index contributed by atoms with van der Waals surface area (Å²) in [5.74, 6) is 5.18. The molecule has 0 radical (unpaired) electrons. The number of hydrazine groups is 1. The van der Waals surface area contributed by atoms with Crippen molar-refractivity contribution in [3.05, 3.63) is 64.3 Å². The average Bonchev–Trinajstić information content (AvgIpc) is 3.08. The second-order valence-corrected chi connectivity index (χ2v) is 5.49. The lowest BCUT2D eigenvalue weighted by Gasteiger charge is -2.10. The molecule has 1 aliphatic heterocycles. The fraction of sp³-hybridized carbons (Fsp3) is 0.0588. The third-order valence-electron chi connectivity index (χ3n) is 3.45. The molecule has 7 nitrogen and oxygen atoms in total. The SMILES string of the molecule is NNC(=O)C(=Cc1ccc2c(c1)OCO2)NC(=O)c1ccccc1Cl. The highest BCUT2D eigenvalue weighted by atomic mass is 35.5. The van der Waals surface area contributed by atoms with Gasteiger partial charge in [0.05, 0.1) is 10.6 Å². The highest BCUT2D eigenvalue weighted by Gasteiger charge is 2.17. The van der Waals surface area contributed by atoms with E-state index in [1.807, 2.05) is 5.43 Å². The predicted molar refractivity (Wildman–Crippen MR) is 91.8 cm³/mol.